The molecule has 2 aromatic rings. The number of benzene rings is 2. The van der Waals surface area contributed by atoms with Crippen LogP contribution in [0.25, 0.3) is 0 Å². The average Bonchev–Trinajstić information content (AvgIpc) is 2.56. The fraction of sp³-hybridized carbons (Fsp3) is 0.381. The van der Waals surface area contributed by atoms with Gasteiger partial charge in [0.05, 0.1) is 6.54 Å². The summed E-state index contributed by atoms with van der Waals surface area (Å²) in [6.45, 7) is 10.7. The van der Waals surface area contributed by atoms with Crippen molar-refractivity contribution < 1.29 is 14.3 Å². The van der Waals surface area contributed by atoms with Gasteiger partial charge >= 0.3 is 0 Å². The Morgan fingerprint density at radius 2 is 1.76 bits per heavy atom. The van der Waals surface area contributed by atoms with Gasteiger partial charge in [-0.15, -0.1) is 0 Å². The highest BCUT2D eigenvalue weighted by Crippen LogP contribution is 2.19. The van der Waals surface area contributed by atoms with E-state index in [0.717, 1.165) is 16.9 Å². The Balaban J connectivity index is 1.76. The standard InChI is InChI=1S/C21H27NO3/c1-14-6-9-20(17(4)12-14)24-11-10-22-21(23)18(5)25-19-8-7-15(2)16(3)13-19/h6-9,12-13,18H,10-11H2,1-5H3,(H,22,23). The first-order valence-corrected chi connectivity index (χ1v) is 8.58. The molecule has 0 aliphatic carbocycles. The molecule has 0 aliphatic rings. The maximum atomic E-state index is 12.1. The Hall–Kier alpha value is -2.49. The normalized spacial score (nSPS) is 11.7. The molecule has 0 spiro atoms. The summed E-state index contributed by atoms with van der Waals surface area (Å²) in [7, 11) is 0. The van der Waals surface area contributed by atoms with Crippen LogP contribution >= 0.6 is 0 Å². The van der Waals surface area contributed by atoms with E-state index in [-0.39, 0.29) is 5.91 Å². The molecule has 0 aliphatic heterocycles. The highest BCUT2D eigenvalue weighted by molar-refractivity contribution is 5.80. The van der Waals surface area contributed by atoms with Gasteiger partial charge in [-0.3, -0.25) is 4.79 Å². The van der Waals surface area contributed by atoms with E-state index < -0.39 is 6.10 Å². The monoisotopic (exact) mass is 341 g/mol. The molecule has 0 aromatic heterocycles. The van der Waals surface area contributed by atoms with Crippen LogP contribution < -0.4 is 14.8 Å². The zero-order valence-electron chi connectivity index (χ0n) is 15.7. The van der Waals surface area contributed by atoms with Crippen LogP contribution in [-0.4, -0.2) is 25.2 Å². The molecule has 1 unspecified atom stereocenters. The largest absolute Gasteiger partial charge is 0.491 e. The van der Waals surface area contributed by atoms with Crippen molar-refractivity contribution in [1.82, 2.24) is 5.32 Å². The van der Waals surface area contributed by atoms with E-state index in [1.807, 2.05) is 58.0 Å². The van der Waals surface area contributed by atoms with E-state index >= 15 is 0 Å². The van der Waals surface area contributed by atoms with E-state index in [2.05, 4.69) is 11.4 Å². The maximum Gasteiger partial charge on any atom is 0.260 e. The first-order chi connectivity index (χ1) is 11.9. The first-order valence-electron chi connectivity index (χ1n) is 8.58. The van der Waals surface area contributed by atoms with Gasteiger partial charge in [0.2, 0.25) is 0 Å². The molecule has 0 saturated carbocycles. The van der Waals surface area contributed by atoms with Gasteiger partial charge in [0.15, 0.2) is 6.10 Å². The fourth-order valence-electron chi connectivity index (χ4n) is 2.49. The van der Waals surface area contributed by atoms with E-state index in [1.54, 1.807) is 6.92 Å². The smallest absolute Gasteiger partial charge is 0.260 e. The number of carbonyl (C=O) groups excluding carboxylic acids is 1. The van der Waals surface area contributed by atoms with Crippen molar-refractivity contribution in [2.45, 2.75) is 40.7 Å². The van der Waals surface area contributed by atoms with Gasteiger partial charge in [-0.2, -0.15) is 0 Å². The average molecular weight is 341 g/mol. The van der Waals surface area contributed by atoms with Crippen molar-refractivity contribution >= 4 is 5.91 Å². The minimum Gasteiger partial charge on any atom is -0.491 e. The minimum atomic E-state index is -0.553. The van der Waals surface area contributed by atoms with Crippen molar-refractivity contribution in [2.75, 3.05) is 13.2 Å². The van der Waals surface area contributed by atoms with Gasteiger partial charge in [-0.1, -0.05) is 23.8 Å². The second-order valence-corrected chi connectivity index (χ2v) is 6.41. The number of carbonyl (C=O) groups is 1. The number of hydrogen-bond acceptors (Lipinski definition) is 3. The van der Waals surface area contributed by atoms with Crippen molar-refractivity contribution in [3.63, 3.8) is 0 Å². The lowest BCUT2D eigenvalue weighted by Gasteiger charge is -2.16. The van der Waals surface area contributed by atoms with Crippen LogP contribution in [0.4, 0.5) is 0 Å². The Bertz CT molecular complexity index is 740. The molecule has 0 bridgehead atoms. The van der Waals surface area contributed by atoms with Crippen molar-refractivity contribution in [2.24, 2.45) is 0 Å². The second-order valence-electron chi connectivity index (χ2n) is 6.41. The molecule has 0 fully saturated rings. The summed E-state index contributed by atoms with van der Waals surface area (Å²) >= 11 is 0. The van der Waals surface area contributed by atoms with Crippen LogP contribution in [0.1, 0.15) is 29.2 Å². The lowest BCUT2D eigenvalue weighted by molar-refractivity contribution is -0.127. The highest BCUT2D eigenvalue weighted by atomic mass is 16.5. The summed E-state index contributed by atoms with van der Waals surface area (Å²) < 4.78 is 11.4. The summed E-state index contributed by atoms with van der Waals surface area (Å²) in [4.78, 5) is 12.1. The lowest BCUT2D eigenvalue weighted by atomic mass is 10.1. The van der Waals surface area contributed by atoms with Crippen LogP contribution in [0.2, 0.25) is 0 Å². The zero-order chi connectivity index (χ0) is 18.4. The van der Waals surface area contributed by atoms with Crippen LogP contribution in [-0.2, 0) is 4.79 Å². The molecule has 134 valence electrons. The maximum absolute atomic E-state index is 12.1. The molecule has 2 rings (SSSR count). The number of nitrogens with one attached hydrogen (secondary N) is 1. The molecule has 2 aromatic carbocycles. The minimum absolute atomic E-state index is 0.151. The Morgan fingerprint density at radius 3 is 2.44 bits per heavy atom. The van der Waals surface area contributed by atoms with Crippen LogP contribution in [0.5, 0.6) is 11.5 Å². The summed E-state index contributed by atoms with van der Waals surface area (Å²) in [5.74, 6) is 1.40. The molecule has 0 radical (unpaired) electrons. The summed E-state index contributed by atoms with van der Waals surface area (Å²) in [6, 6.07) is 11.9. The van der Waals surface area contributed by atoms with Crippen molar-refractivity contribution in [1.29, 1.82) is 0 Å². The van der Waals surface area contributed by atoms with Gasteiger partial charge in [0.25, 0.3) is 5.91 Å². The van der Waals surface area contributed by atoms with Crippen LogP contribution in [0.3, 0.4) is 0 Å². The number of hydrogen-bond donors (Lipinski definition) is 1. The molecule has 1 atom stereocenters. The topological polar surface area (TPSA) is 47.6 Å². The molecule has 1 amide bonds. The summed E-state index contributed by atoms with van der Waals surface area (Å²) in [6.07, 6.45) is -0.553. The predicted octanol–water partition coefficient (Wildman–Crippen LogP) is 3.88. The number of ether oxygens (including phenoxy) is 2. The molecule has 4 nitrogen and oxygen atoms in total. The van der Waals surface area contributed by atoms with Crippen LogP contribution in [0.15, 0.2) is 36.4 Å². The van der Waals surface area contributed by atoms with E-state index in [0.29, 0.717) is 18.9 Å². The Labute approximate surface area is 150 Å². The molecule has 1 N–H and O–H groups in total. The third-order valence-electron chi connectivity index (χ3n) is 4.15. The molecular weight excluding hydrogens is 314 g/mol. The van der Waals surface area contributed by atoms with Crippen molar-refractivity contribution in [3.05, 3.63) is 58.7 Å². The number of amides is 1. The quantitative estimate of drug-likeness (QED) is 0.778. The predicted molar refractivity (Wildman–Crippen MR) is 100 cm³/mol. The zero-order valence-corrected chi connectivity index (χ0v) is 15.7. The van der Waals surface area contributed by atoms with E-state index in [9.17, 15) is 4.79 Å². The van der Waals surface area contributed by atoms with Gasteiger partial charge in [0, 0.05) is 0 Å². The fourth-order valence-corrected chi connectivity index (χ4v) is 2.49. The Morgan fingerprint density at radius 1 is 1.00 bits per heavy atom. The molecule has 25 heavy (non-hydrogen) atoms. The lowest BCUT2D eigenvalue weighted by Crippen LogP contribution is -2.38. The molecule has 0 heterocycles. The second kappa shape index (κ2) is 8.56. The third kappa shape index (κ3) is 5.52. The molecule has 0 saturated heterocycles. The van der Waals surface area contributed by atoms with E-state index in [4.69, 9.17) is 9.47 Å². The summed E-state index contributed by atoms with van der Waals surface area (Å²) in [5, 5.41) is 2.84. The van der Waals surface area contributed by atoms with Crippen LogP contribution in [0, 0.1) is 27.7 Å². The number of aryl methyl sites for hydroxylation is 4. The van der Waals surface area contributed by atoms with Gasteiger partial charge < -0.3 is 14.8 Å². The summed E-state index contributed by atoms with van der Waals surface area (Å²) in [5.41, 5.74) is 4.65. The van der Waals surface area contributed by atoms with Gasteiger partial charge in [-0.25, -0.2) is 0 Å². The highest BCUT2D eigenvalue weighted by Gasteiger charge is 2.14. The molecular formula is C21H27NO3. The SMILES string of the molecule is Cc1ccc(OCCNC(=O)C(C)Oc2ccc(C)c(C)c2)c(C)c1. The third-order valence-corrected chi connectivity index (χ3v) is 4.15. The first kappa shape index (κ1) is 18.8. The van der Waals surface area contributed by atoms with E-state index in [1.165, 1.54) is 11.1 Å². The van der Waals surface area contributed by atoms with Gasteiger partial charge in [0.1, 0.15) is 18.1 Å². The Kier molecular flexibility index (Phi) is 6.45. The number of rotatable bonds is 7. The molecule has 4 heteroatoms. The van der Waals surface area contributed by atoms with Gasteiger partial charge in [-0.05, 0) is 69.5 Å². The van der Waals surface area contributed by atoms with Crippen molar-refractivity contribution in [3.8, 4) is 11.5 Å².